The molecule has 0 aliphatic rings. The van der Waals surface area contributed by atoms with Crippen LogP contribution in [0.5, 0.6) is 0 Å². The molecule has 0 saturated heterocycles. The van der Waals surface area contributed by atoms with Gasteiger partial charge in [-0.3, -0.25) is 4.68 Å². The first-order chi connectivity index (χ1) is 12.7. The van der Waals surface area contributed by atoms with Crippen molar-refractivity contribution in [3.8, 4) is 0 Å². The summed E-state index contributed by atoms with van der Waals surface area (Å²) in [5.41, 5.74) is 1.39. The average Bonchev–Trinajstić information content (AvgIpc) is 3.31. The van der Waals surface area contributed by atoms with Crippen LogP contribution in [0, 0.1) is 5.82 Å². The number of methoxy groups -OCH3 is 1. The number of carbonyl (C=O) groups excluding carboxylic acids is 1. The van der Waals surface area contributed by atoms with Gasteiger partial charge in [-0.1, -0.05) is 18.2 Å². The van der Waals surface area contributed by atoms with Gasteiger partial charge in [0.2, 0.25) is 0 Å². The fraction of sp³-hybridized carbons (Fsp3) is 0.222. The lowest BCUT2D eigenvalue weighted by atomic mass is 10.1. The van der Waals surface area contributed by atoms with Crippen molar-refractivity contribution in [3.63, 3.8) is 0 Å². The minimum absolute atomic E-state index is 0.313. The molecule has 26 heavy (non-hydrogen) atoms. The number of urea groups is 1. The molecular formula is C18H19FN4O2S. The molecule has 136 valence electrons. The number of hydrogen-bond donors (Lipinski definition) is 2. The second-order valence-corrected chi connectivity index (χ2v) is 6.56. The Hall–Kier alpha value is -2.71. The van der Waals surface area contributed by atoms with Crippen molar-refractivity contribution in [2.75, 3.05) is 19.0 Å². The molecular weight excluding hydrogens is 355 g/mol. The number of nitrogens with one attached hydrogen (secondary N) is 2. The van der Waals surface area contributed by atoms with E-state index in [2.05, 4.69) is 15.7 Å². The van der Waals surface area contributed by atoms with Gasteiger partial charge >= 0.3 is 6.03 Å². The Balaban J connectivity index is 1.69. The largest absolute Gasteiger partial charge is 0.383 e. The smallest absolute Gasteiger partial charge is 0.320 e. The number of hydrogen-bond acceptors (Lipinski definition) is 4. The second kappa shape index (κ2) is 8.59. The molecule has 0 bridgehead atoms. The molecule has 0 aliphatic carbocycles. The lowest BCUT2D eigenvalue weighted by Gasteiger charge is -2.18. The molecule has 6 nitrogen and oxygen atoms in total. The number of benzene rings is 1. The van der Waals surface area contributed by atoms with Gasteiger partial charge < -0.3 is 15.4 Å². The van der Waals surface area contributed by atoms with E-state index in [1.165, 1.54) is 23.5 Å². The summed E-state index contributed by atoms with van der Waals surface area (Å²) in [7, 11) is 1.62. The molecule has 0 radical (unpaired) electrons. The minimum Gasteiger partial charge on any atom is -0.383 e. The Kier molecular flexibility index (Phi) is 5.98. The Morgan fingerprint density at radius 3 is 2.85 bits per heavy atom. The van der Waals surface area contributed by atoms with Crippen LogP contribution < -0.4 is 10.6 Å². The maximum atomic E-state index is 13.2. The number of carbonyl (C=O) groups is 1. The maximum absolute atomic E-state index is 13.2. The van der Waals surface area contributed by atoms with E-state index in [4.69, 9.17) is 4.74 Å². The summed E-state index contributed by atoms with van der Waals surface area (Å²) in [6, 6.07) is 9.23. The molecule has 1 unspecified atom stereocenters. The average molecular weight is 374 g/mol. The Morgan fingerprint density at radius 1 is 1.35 bits per heavy atom. The summed E-state index contributed by atoms with van der Waals surface area (Å²) in [5.74, 6) is -0.313. The molecule has 0 aliphatic heterocycles. The van der Waals surface area contributed by atoms with E-state index >= 15 is 0 Å². The van der Waals surface area contributed by atoms with Crippen LogP contribution in [0.1, 0.15) is 16.5 Å². The van der Waals surface area contributed by atoms with E-state index in [1.807, 2.05) is 17.5 Å². The molecule has 0 saturated carbocycles. The predicted molar refractivity (Wildman–Crippen MR) is 98.8 cm³/mol. The summed E-state index contributed by atoms with van der Waals surface area (Å²) in [6.07, 6.45) is 3.31. The highest BCUT2D eigenvalue weighted by Crippen LogP contribution is 2.26. The Labute approximate surface area is 154 Å². The zero-order valence-corrected chi connectivity index (χ0v) is 15.0. The van der Waals surface area contributed by atoms with Crippen molar-refractivity contribution in [2.45, 2.75) is 12.6 Å². The lowest BCUT2D eigenvalue weighted by Crippen LogP contribution is -2.32. The monoisotopic (exact) mass is 374 g/mol. The highest BCUT2D eigenvalue weighted by atomic mass is 32.1. The first-order valence-corrected chi connectivity index (χ1v) is 8.91. The zero-order valence-electron chi connectivity index (χ0n) is 14.2. The van der Waals surface area contributed by atoms with Crippen molar-refractivity contribution in [2.24, 2.45) is 0 Å². The van der Waals surface area contributed by atoms with Gasteiger partial charge in [-0.05, 0) is 29.1 Å². The highest BCUT2D eigenvalue weighted by Gasteiger charge is 2.18. The van der Waals surface area contributed by atoms with Crippen LogP contribution in [0.3, 0.4) is 0 Å². The fourth-order valence-electron chi connectivity index (χ4n) is 2.46. The number of nitrogens with zero attached hydrogens (tertiary/aromatic N) is 2. The zero-order chi connectivity index (χ0) is 18.4. The number of thiophene rings is 1. The molecule has 2 amide bonds. The normalized spacial score (nSPS) is 11.9. The van der Waals surface area contributed by atoms with Crippen molar-refractivity contribution >= 4 is 23.1 Å². The summed E-state index contributed by atoms with van der Waals surface area (Å²) in [4.78, 5) is 13.4. The first-order valence-electron chi connectivity index (χ1n) is 8.03. The molecule has 0 spiro atoms. The number of rotatable bonds is 7. The number of aromatic nitrogens is 2. The molecule has 2 N–H and O–H groups in total. The standard InChI is InChI=1S/C18H19FN4O2S/c1-25-9-8-23-12-15(11-20-23)21-18(24)22-17(16-3-2-10-26-16)13-4-6-14(19)7-5-13/h2-7,10-12,17H,8-9H2,1H3,(H2,21,22,24). The number of amides is 2. The van der Waals surface area contributed by atoms with E-state index in [9.17, 15) is 9.18 Å². The van der Waals surface area contributed by atoms with Crippen molar-refractivity contribution in [1.82, 2.24) is 15.1 Å². The molecule has 8 heteroatoms. The molecule has 3 aromatic rings. The lowest BCUT2D eigenvalue weighted by molar-refractivity contribution is 0.183. The van der Waals surface area contributed by atoms with Crippen molar-refractivity contribution in [1.29, 1.82) is 0 Å². The second-order valence-electron chi connectivity index (χ2n) is 5.58. The van der Waals surface area contributed by atoms with E-state index in [-0.39, 0.29) is 17.9 Å². The summed E-state index contributed by atoms with van der Waals surface area (Å²) in [6.45, 7) is 1.14. The maximum Gasteiger partial charge on any atom is 0.320 e. The van der Waals surface area contributed by atoms with Gasteiger partial charge in [-0.25, -0.2) is 9.18 Å². The van der Waals surface area contributed by atoms with Gasteiger partial charge in [0.1, 0.15) is 5.82 Å². The minimum atomic E-state index is -0.362. The topological polar surface area (TPSA) is 68.2 Å². The van der Waals surface area contributed by atoms with Crippen molar-refractivity contribution < 1.29 is 13.9 Å². The third kappa shape index (κ3) is 4.68. The number of ether oxygens (including phenoxy) is 1. The van der Waals surface area contributed by atoms with Crippen molar-refractivity contribution in [3.05, 3.63) is 70.4 Å². The first kappa shape index (κ1) is 18.1. The fourth-order valence-corrected chi connectivity index (χ4v) is 3.27. The summed E-state index contributed by atoms with van der Waals surface area (Å²) < 4.78 is 19.9. The van der Waals surface area contributed by atoms with Gasteiger partial charge in [0, 0.05) is 18.2 Å². The molecule has 1 atom stereocenters. The van der Waals surface area contributed by atoms with E-state index < -0.39 is 0 Å². The Bertz CT molecular complexity index is 833. The molecule has 1 aromatic carbocycles. The quantitative estimate of drug-likeness (QED) is 0.663. The van der Waals surface area contributed by atoms with E-state index in [0.717, 1.165) is 10.4 Å². The summed E-state index contributed by atoms with van der Waals surface area (Å²) >= 11 is 1.52. The third-order valence-corrected chi connectivity index (χ3v) is 4.66. The number of anilines is 1. The highest BCUT2D eigenvalue weighted by molar-refractivity contribution is 7.10. The molecule has 2 heterocycles. The molecule has 0 fully saturated rings. The molecule has 3 rings (SSSR count). The van der Waals surface area contributed by atoms with Crippen LogP contribution in [0.2, 0.25) is 0 Å². The predicted octanol–water partition coefficient (Wildman–Crippen LogP) is 3.64. The van der Waals surface area contributed by atoms with Crippen LogP contribution in [0.4, 0.5) is 14.9 Å². The van der Waals surface area contributed by atoms with E-state index in [1.54, 1.807) is 36.3 Å². The van der Waals surface area contributed by atoms with Gasteiger partial charge in [0.05, 0.1) is 31.1 Å². The summed E-state index contributed by atoms with van der Waals surface area (Å²) in [5, 5.41) is 11.8. The van der Waals surface area contributed by atoms with Gasteiger partial charge in [-0.15, -0.1) is 11.3 Å². The van der Waals surface area contributed by atoms with Crippen LogP contribution >= 0.6 is 11.3 Å². The van der Waals surface area contributed by atoms with Gasteiger partial charge in [0.25, 0.3) is 0 Å². The van der Waals surface area contributed by atoms with Gasteiger partial charge in [-0.2, -0.15) is 5.10 Å². The number of halogens is 1. The SMILES string of the molecule is COCCn1cc(NC(=O)NC(c2ccc(F)cc2)c2cccs2)cn1. The molecule has 2 aromatic heterocycles. The van der Waals surface area contributed by atoms with E-state index in [0.29, 0.717) is 18.8 Å². The third-order valence-electron chi connectivity index (χ3n) is 3.72. The van der Waals surface area contributed by atoms with Crippen LogP contribution in [-0.4, -0.2) is 29.5 Å². The van der Waals surface area contributed by atoms with Crippen LogP contribution in [-0.2, 0) is 11.3 Å². The van der Waals surface area contributed by atoms with Crippen LogP contribution in [0.25, 0.3) is 0 Å². The Morgan fingerprint density at radius 2 is 2.15 bits per heavy atom. The van der Waals surface area contributed by atoms with Gasteiger partial charge in [0.15, 0.2) is 0 Å². The van der Waals surface area contributed by atoms with Crippen LogP contribution in [0.15, 0.2) is 54.2 Å².